The molecule has 0 spiro atoms. The fraction of sp³-hybridized carbons (Fsp3) is 0. The Morgan fingerprint density at radius 3 is 1.37 bits per heavy atom. The number of aromatic amines is 2. The van der Waals surface area contributed by atoms with E-state index in [0.717, 1.165) is 21.9 Å². The summed E-state index contributed by atoms with van der Waals surface area (Å²) >= 11 is 0. The maximum atomic E-state index is 12.5. The Morgan fingerprint density at radius 2 is 0.943 bits per heavy atom. The molecule has 0 saturated carbocycles. The molecule has 2 aromatic heterocycles. The molecule has 0 amide bonds. The fourth-order valence-electron chi connectivity index (χ4n) is 4.18. The molecule has 0 aliphatic rings. The van der Waals surface area contributed by atoms with E-state index >= 15 is 0 Å². The first-order valence-corrected chi connectivity index (χ1v) is 11.0. The standard InChI is InChI=1S/C28H18N4O3/c33-27-23-15-19(11-13-21(23)25(29-31-27)17-7-3-1-4-8-17)35-20-12-14-22-24(16-20)28(34)32-30-26(22)18-9-5-2-6-10-18/h1-16H,(H,31,33)(H,32,34). The van der Waals surface area contributed by atoms with Crippen LogP contribution in [0, 0.1) is 0 Å². The van der Waals surface area contributed by atoms with E-state index in [1.165, 1.54) is 0 Å². The van der Waals surface area contributed by atoms with Crippen LogP contribution < -0.4 is 15.9 Å². The molecule has 6 aromatic rings. The Morgan fingerprint density at radius 1 is 0.514 bits per heavy atom. The number of fused-ring (bicyclic) bond motifs is 2. The molecule has 0 fully saturated rings. The van der Waals surface area contributed by atoms with Gasteiger partial charge in [0.2, 0.25) is 0 Å². The summed E-state index contributed by atoms with van der Waals surface area (Å²) in [5.41, 5.74) is 2.56. The first-order valence-electron chi connectivity index (χ1n) is 11.0. The van der Waals surface area contributed by atoms with Crippen LogP contribution in [0.1, 0.15) is 0 Å². The number of aromatic nitrogens is 4. The van der Waals surface area contributed by atoms with E-state index in [1.807, 2.05) is 72.8 Å². The Hall–Kier alpha value is -5.04. The molecule has 0 aliphatic heterocycles. The molecule has 35 heavy (non-hydrogen) atoms. The Bertz CT molecular complexity index is 1680. The van der Waals surface area contributed by atoms with Crippen molar-refractivity contribution in [2.24, 2.45) is 0 Å². The average Bonchev–Trinajstić information content (AvgIpc) is 2.91. The van der Waals surface area contributed by atoms with E-state index in [-0.39, 0.29) is 11.1 Å². The van der Waals surface area contributed by atoms with Crippen LogP contribution >= 0.6 is 0 Å². The second kappa shape index (κ2) is 8.39. The fourth-order valence-corrected chi connectivity index (χ4v) is 4.18. The molecular formula is C28H18N4O3. The predicted octanol–water partition coefficient (Wildman–Crippen LogP) is 5.29. The Labute approximate surface area is 198 Å². The van der Waals surface area contributed by atoms with Crippen molar-refractivity contribution in [1.82, 2.24) is 20.4 Å². The van der Waals surface area contributed by atoms with Crippen molar-refractivity contribution in [1.29, 1.82) is 0 Å². The van der Waals surface area contributed by atoms with E-state index in [9.17, 15) is 9.59 Å². The van der Waals surface area contributed by atoms with Crippen LogP contribution in [-0.2, 0) is 0 Å². The maximum Gasteiger partial charge on any atom is 0.272 e. The number of ether oxygens (including phenoxy) is 1. The van der Waals surface area contributed by atoms with Gasteiger partial charge in [0.15, 0.2) is 0 Å². The lowest BCUT2D eigenvalue weighted by Crippen LogP contribution is -2.10. The van der Waals surface area contributed by atoms with E-state index < -0.39 is 0 Å². The van der Waals surface area contributed by atoms with Crippen LogP contribution in [0.25, 0.3) is 44.1 Å². The smallest absolute Gasteiger partial charge is 0.272 e. The first kappa shape index (κ1) is 20.6. The second-order valence-electron chi connectivity index (χ2n) is 8.05. The second-order valence-corrected chi connectivity index (χ2v) is 8.05. The van der Waals surface area contributed by atoms with Gasteiger partial charge in [-0.05, 0) is 36.4 Å². The maximum absolute atomic E-state index is 12.5. The minimum atomic E-state index is -0.307. The molecule has 7 nitrogen and oxygen atoms in total. The lowest BCUT2D eigenvalue weighted by atomic mass is 10.0. The lowest BCUT2D eigenvalue weighted by Gasteiger charge is -2.10. The average molecular weight is 458 g/mol. The summed E-state index contributed by atoms with van der Waals surface area (Å²) in [4.78, 5) is 25.1. The Kier molecular flexibility index (Phi) is 4.93. The largest absolute Gasteiger partial charge is 0.457 e. The number of nitrogens with zero attached hydrogens (tertiary/aromatic N) is 2. The third kappa shape index (κ3) is 3.75. The topological polar surface area (TPSA) is 101 Å². The van der Waals surface area contributed by atoms with Gasteiger partial charge in [0.1, 0.15) is 11.5 Å². The van der Waals surface area contributed by atoms with Crippen molar-refractivity contribution in [3.8, 4) is 34.0 Å². The van der Waals surface area contributed by atoms with Crippen LogP contribution in [0.2, 0.25) is 0 Å². The molecule has 168 valence electrons. The lowest BCUT2D eigenvalue weighted by molar-refractivity contribution is 0.484. The molecular weight excluding hydrogens is 440 g/mol. The van der Waals surface area contributed by atoms with Gasteiger partial charge >= 0.3 is 0 Å². The van der Waals surface area contributed by atoms with E-state index in [0.29, 0.717) is 33.7 Å². The molecule has 0 atom stereocenters. The zero-order valence-electron chi connectivity index (χ0n) is 18.4. The summed E-state index contributed by atoms with van der Waals surface area (Å²) < 4.78 is 6.05. The monoisotopic (exact) mass is 458 g/mol. The highest BCUT2D eigenvalue weighted by Gasteiger charge is 2.12. The number of rotatable bonds is 4. The van der Waals surface area contributed by atoms with Crippen LogP contribution in [0.3, 0.4) is 0 Å². The van der Waals surface area contributed by atoms with E-state index in [4.69, 9.17) is 4.74 Å². The number of benzene rings is 4. The van der Waals surface area contributed by atoms with Gasteiger partial charge in [-0.15, -0.1) is 0 Å². The van der Waals surface area contributed by atoms with Crippen LogP contribution in [0.5, 0.6) is 11.5 Å². The molecule has 0 aliphatic carbocycles. The van der Waals surface area contributed by atoms with Crippen molar-refractivity contribution in [2.45, 2.75) is 0 Å². The Balaban J connectivity index is 1.41. The highest BCUT2D eigenvalue weighted by Crippen LogP contribution is 2.31. The molecule has 0 unspecified atom stereocenters. The van der Waals surface area contributed by atoms with Gasteiger partial charge in [-0.1, -0.05) is 60.7 Å². The summed E-state index contributed by atoms with van der Waals surface area (Å²) in [5.74, 6) is 0.947. The number of H-pyrrole nitrogens is 2. The number of hydrogen-bond donors (Lipinski definition) is 2. The van der Waals surface area contributed by atoms with Crippen molar-refractivity contribution < 1.29 is 4.74 Å². The van der Waals surface area contributed by atoms with Gasteiger partial charge in [0, 0.05) is 21.9 Å². The third-order valence-corrected chi connectivity index (χ3v) is 5.85. The van der Waals surface area contributed by atoms with E-state index in [1.54, 1.807) is 24.3 Å². The number of hydrogen-bond acceptors (Lipinski definition) is 5. The van der Waals surface area contributed by atoms with Gasteiger partial charge in [-0.2, -0.15) is 10.2 Å². The molecule has 7 heteroatoms. The molecule has 0 bridgehead atoms. The van der Waals surface area contributed by atoms with Crippen molar-refractivity contribution in [3.63, 3.8) is 0 Å². The highest BCUT2D eigenvalue weighted by molar-refractivity contribution is 5.95. The molecule has 6 rings (SSSR count). The summed E-state index contributed by atoms with van der Waals surface area (Å²) in [6, 6.07) is 29.9. The molecule has 0 radical (unpaired) electrons. The van der Waals surface area contributed by atoms with Crippen LogP contribution in [0.4, 0.5) is 0 Å². The van der Waals surface area contributed by atoms with Gasteiger partial charge in [-0.25, -0.2) is 10.2 Å². The zero-order chi connectivity index (χ0) is 23.8. The van der Waals surface area contributed by atoms with Crippen LogP contribution in [-0.4, -0.2) is 20.4 Å². The van der Waals surface area contributed by atoms with Gasteiger partial charge < -0.3 is 4.74 Å². The number of nitrogens with one attached hydrogen (secondary N) is 2. The SMILES string of the molecule is O=c1[nH]nc(-c2ccccc2)c2ccc(Oc3ccc4c(-c5ccccc5)n[nH]c(=O)c4c3)cc12. The van der Waals surface area contributed by atoms with Gasteiger partial charge in [-0.3, -0.25) is 9.59 Å². The minimum absolute atomic E-state index is 0.307. The van der Waals surface area contributed by atoms with E-state index in [2.05, 4.69) is 20.4 Å². The van der Waals surface area contributed by atoms with Crippen molar-refractivity contribution >= 4 is 21.5 Å². The molecule has 2 N–H and O–H groups in total. The quantitative estimate of drug-likeness (QED) is 0.374. The highest BCUT2D eigenvalue weighted by atomic mass is 16.5. The summed E-state index contributed by atoms with van der Waals surface area (Å²) in [6.45, 7) is 0. The van der Waals surface area contributed by atoms with Gasteiger partial charge in [0.25, 0.3) is 11.1 Å². The van der Waals surface area contributed by atoms with Gasteiger partial charge in [0.05, 0.1) is 22.2 Å². The molecule has 0 saturated heterocycles. The minimum Gasteiger partial charge on any atom is -0.457 e. The zero-order valence-corrected chi connectivity index (χ0v) is 18.4. The summed E-state index contributed by atoms with van der Waals surface area (Å²) in [5, 5.41) is 16.0. The van der Waals surface area contributed by atoms with Crippen molar-refractivity contribution in [2.75, 3.05) is 0 Å². The van der Waals surface area contributed by atoms with Crippen molar-refractivity contribution in [3.05, 3.63) is 118 Å². The summed E-state index contributed by atoms with van der Waals surface area (Å²) in [7, 11) is 0. The normalized spacial score (nSPS) is 11.1. The first-order chi connectivity index (χ1) is 17.2. The predicted molar refractivity (Wildman–Crippen MR) is 136 cm³/mol. The summed E-state index contributed by atoms with van der Waals surface area (Å²) in [6.07, 6.45) is 0. The third-order valence-electron chi connectivity index (χ3n) is 5.85. The van der Waals surface area contributed by atoms with Crippen LogP contribution in [0.15, 0.2) is 107 Å². The molecule has 4 aromatic carbocycles. The molecule has 2 heterocycles.